The maximum absolute atomic E-state index is 11.8. The average Bonchev–Trinajstić information content (AvgIpc) is 2.51. The first kappa shape index (κ1) is 26.0. The van der Waals surface area contributed by atoms with Crippen molar-refractivity contribution in [3.05, 3.63) is 0 Å². The molecule has 1 atom stereocenters. The first-order valence-electron chi connectivity index (χ1n) is 8.61. The van der Waals surface area contributed by atoms with Crippen LogP contribution in [-0.4, -0.2) is 43.4 Å². The Bertz CT molecular complexity index is 465. The molecule has 0 rings (SSSR count). The fraction of sp³-hybridized carbons (Fsp3) is 0.875. The van der Waals surface area contributed by atoms with Gasteiger partial charge in [-0.15, -0.1) is 0 Å². The second kappa shape index (κ2) is 15.1. The van der Waals surface area contributed by atoms with E-state index in [0.29, 0.717) is 12.8 Å². The summed E-state index contributed by atoms with van der Waals surface area (Å²) >= 11 is 0. The molecular formula is C16H33NO7S. The molecule has 0 spiro atoms. The van der Waals surface area contributed by atoms with Gasteiger partial charge in [-0.25, -0.2) is 0 Å². The quantitative estimate of drug-likeness (QED) is 0.265. The summed E-state index contributed by atoms with van der Waals surface area (Å²) in [5.74, 6) is -1.95. The third-order valence-corrected chi connectivity index (χ3v) is 4.56. The highest BCUT2D eigenvalue weighted by molar-refractivity contribution is 7.87. The maximum Gasteiger partial charge on any atom is 0.327 e. The van der Waals surface area contributed by atoms with Crippen molar-refractivity contribution < 1.29 is 32.0 Å². The summed E-state index contributed by atoms with van der Waals surface area (Å²) in [5.41, 5.74) is 0. The van der Waals surface area contributed by atoms with E-state index in [9.17, 15) is 18.0 Å². The van der Waals surface area contributed by atoms with Crippen molar-refractivity contribution in [3.63, 3.8) is 0 Å². The van der Waals surface area contributed by atoms with Gasteiger partial charge in [0.25, 0.3) is 10.1 Å². The van der Waals surface area contributed by atoms with E-state index >= 15 is 0 Å². The molecule has 0 radical (unpaired) electrons. The molecule has 0 aliphatic rings. The van der Waals surface area contributed by atoms with Crippen LogP contribution in [0.2, 0.25) is 0 Å². The van der Waals surface area contributed by atoms with E-state index < -0.39 is 33.7 Å². The molecule has 0 saturated carbocycles. The van der Waals surface area contributed by atoms with Crippen molar-refractivity contribution >= 4 is 22.1 Å². The molecule has 0 aliphatic heterocycles. The third-order valence-electron chi connectivity index (χ3n) is 3.48. The highest BCUT2D eigenvalue weighted by atomic mass is 32.2. The highest BCUT2D eigenvalue weighted by Crippen LogP contribution is 2.10. The monoisotopic (exact) mass is 383 g/mol. The lowest BCUT2D eigenvalue weighted by molar-refractivity contribution is -0.150. The number of carbonyl (C=O) groups is 2. The van der Waals surface area contributed by atoms with Crippen LogP contribution < -0.4 is 6.15 Å². The average molecular weight is 384 g/mol. The van der Waals surface area contributed by atoms with Crippen LogP contribution in [0.5, 0.6) is 0 Å². The van der Waals surface area contributed by atoms with Gasteiger partial charge in [0.1, 0.15) is 0 Å². The van der Waals surface area contributed by atoms with Crippen LogP contribution in [0.4, 0.5) is 0 Å². The van der Waals surface area contributed by atoms with E-state index in [4.69, 9.17) is 14.0 Å². The summed E-state index contributed by atoms with van der Waals surface area (Å²) < 4.78 is 41.5. The number of esters is 2. The maximum atomic E-state index is 11.8. The Labute approximate surface area is 151 Å². The minimum absolute atomic E-state index is 0. The molecule has 8 nitrogen and oxygen atoms in total. The van der Waals surface area contributed by atoms with Crippen molar-refractivity contribution in [1.29, 1.82) is 0 Å². The molecule has 0 aliphatic carbocycles. The molecule has 0 bridgehead atoms. The second-order valence-electron chi connectivity index (χ2n) is 5.72. The van der Waals surface area contributed by atoms with Crippen molar-refractivity contribution in [2.45, 2.75) is 76.9 Å². The van der Waals surface area contributed by atoms with Crippen LogP contribution in [-0.2, 0) is 29.2 Å². The zero-order valence-electron chi connectivity index (χ0n) is 15.4. The van der Waals surface area contributed by atoms with E-state index in [0.717, 1.165) is 38.5 Å². The van der Waals surface area contributed by atoms with Gasteiger partial charge < -0.3 is 15.6 Å². The molecule has 150 valence electrons. The Morgan fingerprint density at radius 3 is 1.80 bits per heavy atom. The van der Waals surface area contributed by atoms with Crippen molar-refractivity contribution in [2.24, 2.45) is 0 Å². The van der Waals surface area contributed by atoms with Crippen LogP contribution in [0.15, 0.2) is 0 Å². The fourth-order valence-corrected chi connectivity index (χ4v) is 2.69. The van der Waals surface area contributed by atoms with E-state index in [1.165, 1.54) is 0 Å². The lowest BCUT2D eigenvalue weighted by Crippen LogP contribution is -2.34. The first-order valence-corrected chi connectivity index (χ1v) is 10.1. The lowest BCUT2D eigenvalue weighted by Gasteiger charge is -2.13. The summed E-state index contributed by atoms with van der Waals surface area (Å²) in [6.07, 6.45) is 6.40. The minimum atomic E-state index is -4.72. The van der Waals surface area contributed by atoms with Crippen molar-refractivity contribution in [3.8, 4) is 0 Å². The molecule has 0 heterocycles. The molecule has 4 N–H and O–H groups in total. The summed E-state index contributed by atoms with van der Waals surface area (Å²) in [5, 5.41) is -1.92. The van der Waals surface area contributed by atoms with E-state index in [1.807, 2.05) is 6.92 Å². The lowest BCUT2D eigenvalue weighted by atomic mass is 10.2. The Morgan fingerprint density at radius 2 is 1.36 bits per heavy atom. The Morgan fingerprint density at radius 1 is 0.880 bits per heavy atom. The van der Waals surface area contributed by atoms with Gasteiger partial charge in [-0.2, -0.15) is 8.42 Å². The smallest absolute Gasteiger partial charge is 0.327 e. The molecule has 25 heavy (non-hydrogen) atoms. The predicted molar refractivity (Wildman–Crippen MR) is 95.2 cm³/mol. The van der Waals surface area contributed by atoms with Crippen molar-refractivity contribution in [2.75, 3.05) is 13.2 Å². The van der Waals surface area contributed by atoms with E-state index in [1.54, 1.807) is 0 Å². The van der Waals surface area contributed by atoms with Gasteiger partial charge in [0, 0.05) is 0 Å². The summed E-state index contributed by atoms with van der Waals surface area (Å²) in [6.45, 7) is 4.32. The SMILES string of the molecule is CCCCCCOC(=O)CC(C(=O)OCCCCCC)S(=O)(=O)O.N. The topological polar surface area (TPSA) is 142 Å². The number of unbranched alkanes of at least 4 members (excludes halogenated alkanes) is 6. The minimum Gasteiger partial charge on any atom is -0.466 e. The number of carbonyl (C=O) groups excluding carboxylic acids is 2. The number of rotatable bonds is 14. The van der Waals surface area contributed by atoms with Gasteiger partial charge in [-0.05, 0) is 12.8 Å². The van der Waals surface area contributed by atoms with Gasteiger partial charge in [0.05, 0.1) is 19.6 Å². The van der Waals surface area contributed by atoms with Crippen LogP contribution in [0.3, 0.4) is 0 Å². The Balaban J connectivity index is 0. The van der Waals surface area contributed by atoms with Crippen LogP contribution >= 0.6 is 0 Å². The number of hydrogen-bond acceptors (Lipinski definition) is 7. The second-order valence-corrected chi connectivity index (χ2v) is 7.32. The predicted octanol–water partition coefficient (Wildman–Crippen LogP) is 3.04. The van der Waals surface area contributed by atoms with Gasteiger partial charge in [-0.1, -0.05) is 52.4 Å². The zero-order chi connectivity index (χ0) is 18.4. The molecule has 0 amide bonds. The molecule has 0 aromatic carbocycles. The van der Waals surface area contributed by atoms with Crippen LogP contribution in [0.25, 0.3) is 0 Å². The Kier molecular flexibility index (Phi) is 15.7. The summed E-state index contributed by atoms with van der Waals surface area (Å²) in [6, 6.07) is 0. The van der Waals surface area contributed by atoms with Gasteiger partial charge in [0.2, 0.25) is 0 Å². The first-order chi connectivity index (χ1) is 11.3. The Hall–Kier alpha value is -1.19. The number of ether oxygens (including phenoxy) is 2. The van der Waals surface area contributed by atoms with Gasteiger partial charge in [-0.3, -0.25) is 14.1 Å². The van der Waals surface area contributed by atoms with Crippen molar-refractivity contribution in [1.82, 2.24) is 6.15 Å². The standard InChI is InChI=1S/C16H30O7S.H3N/c1-3-5-7-9-11-22-15(17)13-14(24(19,20)21)16(18)23-12-10-8-6-4-2;/h14H,3-13H2,1-2H3,(H,19,20,21);1H3. The van der Waals surface area contributed by atoms with Crippen LogP contribution in [0, 0.1) is 0 Å². The molecule has 1 unspecified atom stereocenters. The summed E-state index contributed by atoms with van der Waals surface area (Å²) in [7, 11) is -4.72. The zero-order valence-corrected chi connectivity index (χ0v) is 16.2. The van der Waals surface area contributed by atoms with Gasteiger partial charge >= 0.3 is 11.9 Å². The molecule has 0 fully saturated rings. The largest absolute Gasteiger partial charge is 0.466 e. The van der Waals surface area contributed by atoms with E-state index in [2.05, 4.69) is 6.92 Å². The van der Waals surface area contributed by atoms with Crippen LogP contribution in [0.1, 0.15) is 71.6 Å². The fourth-order valence-electron chi connectivity index (χ4n) is 2.03. The third kappa shape index (κ3) is 13.7. The molecule has 0 aromatic rings. The normalized spacial score (nSPS) is 12.1. The number of hydrogen-bond donors (Lipinski definition) is 2. The van der Waals surface area contributed by atoms with E-state index in [-0.39, 0.29) is 19.4 Å². The molecule has 0 saturated heterocycles. The molecule has 9 heteroatoms. The highest BCUT2D eigenvalue weighted by Gasteiger charge is 2.35. The molecule has 0 aromatic heterocycles. The summed E-state index contributed by atoms with van der Waals surface area (Å²) in [4.78, 5) is 23.5. The van der Waals surface area contributed by atoms with Gasteiger partial charge in [0.15, 0.2) is 5.25 Å². The molecular weight excluding hydrogens is 350 g/mol.